The molecule has 0 amide bonds. The molecular formula is C21H27N4O+. The Morgan fingerprint density at radius 1 is 1.23 bits per heavy atom. The molecule has 26 heavy (non-hydrogen) atoms. The molecule has 5 heteroatoms. The molecule has 2 aromatic rings. The van der Waals surface area contributed by atoms with E-state index in [1.54, 1.807) is 0 Å². The van der Waals surface area contributed by atoms with Crippen LogP contribution in [0.15, 0.2) is 35.6 Å². The lowest BCUT2D eigenvalue weighted by atomic mass is 9.90. The summed E-state index contributed by atoms with van der Waals surface area (Å²) >= 11 is 0. The minimum atomic E-state index is 0.395. The zero-order valence-corrected chi connectivity index (χ0v) is 15.9. The molecule has 0 spiro atoms. The molecule has 5 nitrogen and oxygen atoms in total. The number of phenols is 1. The smallest absolute Gasteiger partial charge is 0.228 e. The van der Waals surface area contributed by atoms with E-state index in [0.29, 0.717) is 5.75 Å². The normalized spacial score (nSPS) is 16.4. The Hall–Kier alpha value is -2.56. The molecule has 136 valence electrons. The Morgan fingerprint density at radius 3 is 2.77 bits per heavy atom. The van der Waals surface area contributed by atoms with Gasteiger partial charge in [-0.2, -0.15) is 9.67 Å². The first-order chi connectivity index (χ1) is 12.6. The lowest BCUT2D eigenvalue weighted by molar-refractivity contribution is -0.672. The molecule has 0 saturated heterocycles. The summed E-state index contributed by atoms with van der Waals surface area (Å²) in [5, 5.41) is 17.5. The Kier molecular flexibility index (Phi) is 4.31. The van der Waals surface area contributed by atoms with Crippen molar-refractivity contribution in [3.05, 3.63) is 47.3 Å². The summed E-state index contributed by atoms with van der Waals surface area (Å²) in [6.45, 7) is 4.22. The van der Waals surface area contributed by atoms with Gasteiger partial charge in [0.1, 0.15) is 24.2 Å². The average molecular weight is 351 g/mol. The van der Waals surface area contributed by atoms with E-state index in [2.05, 4.69) is 21.6 Å². The van der Waals surface area contributed by atoms with Gasteiger partial charge >= 0.3 is 0 Å². The highest BCUT2D eigenvalue weighted by molar-refractivity contribution is 5.96. The molecule has 1 aromatic carbocycles. The molecule has 2 aliphatic heterocycles. The van der Waals surface area contributed by atoms with E-state index < -0.39 is 0 Å². The number of hydrogen-bond acceptors (Lipinski definition) is 4. The second kappa shape index (κ2) is 6.63. The van der Waals surface area contributed by atoms with E-state index in [9.17, 15) is 5.11 Å². The number of pyridine rings is 1. The minimum Gasteiger partial charge on any atom is -0.505 e. The van der Waals surface area contributed by atoms with E-state index in [-0.39, 0.29) is 0 Å². The predicted octanol–water partition coefficient (Wildman–Crippen LogP) is 2.78. The van der Waals surface area contributed by atoms with Crippen molar-refractivity contribution in [2.24, 2.45) is 12.1 Å². The number of anilines is 2. The predicted molar refractivity (Wildman–Crippen MR) is 105 cm³/mol. The summed E-state index contributed by atoms with van der Waals surface area (Å²) in [6.07, 6.45) is 6.33. The first-order valence-corrected chi connectivity index (χ1v) is 9.43. The number of phenolic OH excluding ortho intramolecular Hbond substituents is 1. The van der Waals surface area contributed by atoms with Crippen LogP contribution in [0.2, 0.25) is 0 Å². The Morgan fingerprint density at radius 2 is 2.00 bits per heavy atom. The van der Waals surface area contributed by atoms with Crippen molar-refractivity contribution >= 4 is 17.1 Å². The highest BCUT2D eigenvalue weighted by Gasteiger charge is 2.28. The molecule has 0 atom stereocenters. The second-order valence-corrected chi connectivity index (χ2v) is 7.33. The lowest BCUT2D eigenvalue weighted by Crippen LogP contribution is -2.35. The molecule has 2 aliphatic rings. The van der Waals surface area contributed by atoms with Crippen molar-refractivity contribution in [2.75, 3.05) is 30.0 Å². The van der Waals surface area contributed by atoms with Crippen LogP contribution in [0, 0.1) is 0 Å². The molecule has 3 heterocycles. The van der Waals surface area contributed by atoms with E-state index in [0.717, 1.165) is 55.0 Å². The van der Waals surface area contributed by atoms with E-state index in [1.807, 2.05) is 44.4 Å². The van der Waals surface area contributed by atoms with Crippen LogP contribution < -0.4 is 14.5 Å². The molecular weight excluding hydrogens is 324 g/mol. The quantitative estimate of drug-likeness (QED) is 0.525. The van der Waals surface area contributed by atoms with Gasteiger partial charge in [0, 0.05) is 43.5 Å². The summed E-state index contributed by atoms with van der Waals surface area (Å²) in [5.41, 5.74) is 6.53. The van der Waals surface area contributed by atoms with Crippen LogP contribution in [0.4, 0.5) is 11.4 Å². The third-order valence-corrected chi connectivity index (χ3v) is 5.55. The molecule has 0 unspecified atom stereocenters. The summed E-state index contributed by atoms with van der Waals surface area (Å²) in [6, 6.07) is 8.21. The van der Waals surface area contributed by atoms with Gasteiger partial charge in [0.15, 0.2) is 6.20 Å². The zero-order valence-electron chi connectivity index (χ0n) is 15.9. The van der Waals surface area contributed by atoms with Crippen molar-refractivity contribution in [1.82, 2.24) is 0 Å². The Labute approximate surface area is 155 Å². The largest absolute Gasteiger partial charge is 0.505 e. The number of aromatic hydroxyl groups is 1. The number of aromatic nitrogens is 1. The van der Waals surface area contributed by atoms with Gasteiger partial charge < -0.3 is 10.0 Å². The van der Waals surface area contributed by atoms with Crippen molar-refractivity contribution < 1.29 is 9.67 Å². The summed E-state index contributed by atoms with van der Waals surface area (Å²) < 4.78 is 2.06. The van der Waals surface area contributed by atoms with Gasteiger partial charge in [-0.1, -0.05) is 0 Å². The van der Waals surface area contributed by atoms with Crippen LogP contribution in [0.25, 0.3) is 0 Å². The van der Waals surface area contributed by atoms with Crippen molar-refractivity contribution in [1.29, 1.82) is 0 Å². The Bertz CT molecular complexity index is 873. The number of aryl methyl sites for hydroxylation is 2. The summed E-state index contributed by atoms with van der Waals surface area (Å²) in [4.78, 5) is 2.44. The first-order valence-electron chi connectivity index (χ1n) is 9.43. The number of nitrogens with zero attached hydrogens (tertiary/aromatic N) is 4. The second-order valence-electron chi connectivity index (χ2n) is 7.33. The topological polar surface area (TPSA) is 43.0 Å². The molecule has 0 saturated carbocycles. The van der Waals surface area contributed by atoms with Crippen LogP contribution in [0.1, 0.15) is 36.6 Å². The van der Waals surface area contributed by atoms with E-state index >= 15 is 0 Å². The fraction of sp³-hybridized carbons (Fsp3) is 0.429. The monoisotopic (exact) mass is 351 g/mol. The lowest BCUT2D eigenvalue weighted by Gasteiger charge is -2.38. The van der Waals surface area contributed by atoms with Gasteiger partial charge in [-0.15, -0.1) is 0 Å². The van der Waals surface area contributed by atoms with Gasteiger partial charge in [0.05, 0.1) is 0 Å². The third kappa shape index (κ3) is 2.81. The van der Waals surface area contributed by atoms with Crippen LogP contribution in [0.3, 0.4) is 0 Å². The fourth-order valence-electron chi connectivity index (χ4n) is 4.30. The molecule has 0 radical (unpaired) electrons. The van der Waals surface area contributed by atoms with Gasteiger partial charge in [-0.3, -0.25) is 5.01 Å². The standard InChI is InChI=1S/C21H26N4O/c1-15(18-10-4-5-11-23(18)2)22-24(3)19-14-16-8-6-12-25-13-7-9-17(20(16)25)21(19)26/h4-5,10-11,14H,6-9,12-13H2,1-3H3/p+1. The van der Waals surface area contributed by atoms with Crippen LogP contribution in [0.5, 0.6) is 5.75 Å². The molecule has 4 rings (SSSR count). The number of rotatable bonds is 3. The first kappa shape index (κ1) is 16.9. The molecule has 1 aromatic heterocycles. The fourth-order valence-corrected chi connectivity index (χ4v) is 4.30. The van der Waals surface area contributed by atoms with Gasteiger partial charge in [0.25, 0.3) is 0 Å². The van der Waals surface area contributed by atoms with Crippen molar-refractivity contribution in [3.8, 4) is 5.75 Å². The number of benzene rings is 1. The van der Waals surface area contributed by atoms with Crippen LogP contribution in [-0.4, -0.2) is 31.0 Å². The molecule has 0 fully saturated rings. The molecule has 1 N–H and O–H groups in total. The Balaban J connectivity index is 1.74. The summed E-state index contributed by atoms with van der Waals surface area (Å²) in [5.74, 6) is 0.395. The van der Waals surface area contributed by atoms with Gasteiger partial charge in [0.2, 0.25) is 5.69 Å². The number of hydrazone groups is 1. The maximum absolute atomic E-state index is 11.0. The van der Waals surface area contributed by atoms with Gasteiger partial charge in [-0.25, -0.2) is 0 Å². The maximum atomic E-state index is 11.0. The van der Waals surface area contributed by atoms with Crippen molar-refractivity contribution in [2.45, 2.75) is 32.6 Å². The highest BCUT2D eigenvalue weighted by atomic mass is 16.3. The zero-order chi connectivity index (χ0) is 18.3. The van der Waals surface area contributed by atoms with Gasteiger partial charge in [-0.05, 0) is 50.3 Å². The molecule has 0 aliphatic carbocycles. The van der Waals surface area contributed by atoms with Crippen LogP contribution in [-0.2, 0) is 19.9 Å². The van der Waals surface area contributed by atoms with Crippen molar-refractivity contribution in [3.63, 3.8) is 0 Å². The average Bonchev–Trinajstić information content (AvgIpc) is 2.64. The number of hydrogen-bond donors (Lipinski definition) is 1. The van der Waals surface area contributed by atoms with Crippen LogP contribution >= 0.6 is 0 Å². The van der Waals surface area contributed by atoms with E-state index in [1.165, 1.54) is 17.7 Å². The van der Waals surface area contributed by atoms with E-state index in [4.69, 9.17) is 5.10 Å². The third-order valence-electron chi connectivity index (χ3n) is 5.55. The SMILES string of the molecule is CC(=NN(C)c1cc2c3c(c1O)CCCN3CCC2)c1cccc[n+]1C. The highest BCUT2D eigenvalue weighted by Crippen LogP contribution is 2.45. The minimum absolute atomic E-state index is 0.395. The summed E-state index contributed by atoms with van der Waals surface area (Å²) in [7, 11) is 3.94. The maximum Gasteiger partial charge on any atom is 0.228 e. The molecule has 0 bridgehead atoms.